The summed E-state index contributed by atoms with van der Waals surface area (Å²) in [6, 6.07) is 1.59. The highest BCUT2D eigenvalue weighted by molar-refractivity contribution is 6.74. The molecule has 29 heavy (non-hydrogen) atoms. The van der Waals surface area contributed by atoms with Crippen molar-refractivity contribution in [3.63, 3.8) is 0 Å². The van der Waals surface area contributed by atoms with Crippen molar-refractivity contribution in [2.24, 2.45) is 0 Å². The second-order valence-electron chi connectivity index (χ2n) is 10.3. The lowest BCUT2D eigenvalue weighted by Crippen LogP contribution is -2.60. The molecule has 3 N–H and O–H groups in total. The molecule has 8 heteroatoms. The van der Waals surface area contributed by atoms with Gasteiger partial charge in [0.05, 0.1) is 29.7 Å². The molecule has 7 nitrogen and oxygen atoms in total. The SMILES string of the molecule is CC(C)(C)OC(=O)N(c1ccncc1N)C1CCNCC1O[Si](C)(C)C(C)(C)C. The number of amides is 1. The highest BCUT2D eigenvalue weighted by Gasteiger charge is 2.44. The Balaban J connectivity index is 2.44. The maximum Gasteiger partial charge on any atom is 0.415 e. The van der Waals surface area contributed by atoms with E-state index in [1.54, 1.807) is 23.4 Å². The first-order chi connectivity index (χ1) is 13.2. The van der Waals surface area contributed by atoms with Gasteiger partial charge in [-0.2, -0.15) is 0 Å². The molecule has 1 aromatic heterocycles. The first kappa shape index (κ1) is 23.6. The van der Waals surface area contributed by atoms with E-state index in [1.807, 2.05) is 20.8 Å². The van der Waals surface area contributed by atoms with Gasteiger partial charge >= 0.3 is 6.09 Å². The molecular formula is C21H38N4O3Si. The Kier molecular flexibility index (Phi) is 7.02. The minimum atomic E-state index is -2.04. The average molecular weight is 423 g/mol. The molecule has 2 atom stereocenters. The Bertz CT molecular complexity index is 713. The monoisotopic (exact) mass is 422 g/mol. The number of ether oxygens (including phenoxy) is 1. The van der Waals surface area contributed by atoms with Gasteiger partial charge in [-0.1, -0.05) is 20.8 Å². The van der Waals surface area contributed by atoms with E-state index in [4.69, 9.17) is 14.9 Å². The number of nitrogens with zero attached hydrogens (tertiary/aromatic N) is 2. The zero-order chi connectivity index (χ0) is 22.0. The molecular weight excluding hydrogens is 384 g/mol. The van der Waals surface area contributed by atoms with Gasteiger partial charge in [0.25, 0.3) is 0 Å². The van der Waals surface area contributed by atoms with Crippen LogP contribution in [-0.2, 0) is 9.16 Å². The van der Waals surface area contributed by atoms with Crippen LogP contribution in [0, 0.1) is 0 Å². The van der Waals surface area contributed by atoms with Crippen LogP contribution >= 0.6 is 0 Å². The van der Waals surface area contributed by atoms with Crippen molar-refractivity contribution in [2.45, 2.75) is 83.8 Å². The number of piperidine rings is 1. The third-order valence-electron chi connectivity index (χ3n) is 5.65. The number of hydrogen-bond acceptors (Lipinski definition) is 6. The topological polar surface area (TPSA) is 89.7 Å². The third-order valence-corrected chi connectivity index (χ3v) is 10.2. The maximum absolute atomic E-state index is 13.3. The van der Waals surface area contributed by atoms with Crippen molar-refractivity contribution in [2.75, 3.05) is 23.7 Å². The van der Waals surface area contributed by atoms with Crippen molar-refractivity contribution in [3.8, 4) is 0 Å². The van der Waals surface area contributed by atoms with Gasteiger partial charge in [0.1, 0.15) is 5.60 Å². The Morgan fingerprint density at radius 1 is 1.28 bits per heavy atom. The summed E-state index contributed by atoms with van der Waals surface area (Å²) >= 11 is 0. The number of anilines is 2. The fourth-order valence-electron chi connectivity index (χ4n) is 3.13. The summed E-state index contributed by atoms with van der Waals surface area (Å²) in [4.78, 5) is 19.0. The van der Waals surface area contributed by atoms with Gasteiger partial charge in [-0.25, -0.2) is 4.79 Å². The smallest absolute Gasteiger partial charge is 0.415 e. The van der Waals surface area contributed by atoms with Gasteiger partial charge in [-0.05, 0) is 57.9 Å². The van der Waals surface area contributed by atoms with Gasteiger partial charge < -0.3 is 20.2 Å². The lowest BCUT2D eigenvalue weighted by Gasteiger charge is -2.46. The standard InChI is InChI=1S/C21H38N4O3Si/c1-20(2,3)27-19(26)25(16-9-11-23-13-15(16)22)17-10-12-24-14-18(17)28-29(7,8)21(4,5)6/h9,11,13,17-18,24H,10,12,14,22H2,1-8H3. The molecule has 1 aliphatic rings. The van der Waals surface area contributed by atoms with Crippen LogP contribution in [0.4, 0.5) is 16.2 Å². The molecule has 0 bridgehead atoms. The molecule has 2 rings (SSSR count). The fraction of sp³-hybridized carbons (Fsp3) is 0.714. The van der Waals surface area contributed by atoms with Crippen molar-refractivity contribution < 1.29 is 14.0 Å². The summed E-state index contributed by atoms with van der Waals surface area (Å²) in [5, 5.41) is 3.49. The number of pyridine rings is 1. The summed E-state index contributed by atoms with van der Waals surface area (Å²) in [7, 11) is -2.04. The molecule has 2 unspecified atom stereocenters. The number of nitrogens with one attached hydrogen (secondary N) is 1. The zero-order valence-corrected chi connectivity index (χ0v) is 20.2. The zero-order valence-electron chi connectivity index (χ0n) is 19.2. The molecule has 0 spiro atoms. The van der Waals surface area contributed by atoms with Crippen LogP contribution in [0.15, 0.2) is 18.5 Å². The number of carbonyl (C=O) groups excluding carboxylic acids is 1. The van der Waals surface area contributed by atoms with E-state index in [0.717, 1.165) is 13.0 Å². The summed E-state index contributed by atoms with van der Waals surface area (Å²) < 4.78 is 12.5. The van der Waals surface area contributed by atoms with E-state index < -0.39 is 20.0 Å². The minimum Gasteiger partial charge on any atom is -0.443 e. The summed E-state index contributed by atoms with van der Waals surface area (Å²) in [6.07, 6.45) is 3.40. The maximum atomic E-state index is 13.3. The van der Waals surface area contributed by atoms with E-state index in [2.05, 4.69) is 44.2 Å². The number of carbonyl (C=O) groups is 1. The normalized spacial score (nSPS) is 21.0. The highest BCUT2D eigenvalue weighted by Crippen LogP contribution is 2.39. The number of aromatic nitrogens is 1. The predicted octanol–water partition coefficient (Wildman–Crippen LogP) is 4.16. The largest absolute Gasteiger partial charge is 0.443 e. The highest BCUT2D eigenvalue weighted by atomic mass is 28.4. The molecule has 1 aromatic rings. The summed E-state index contributed by atoms with van der Waals surface area (Å²) in [5.74, 6) is 0. The van der Waals surface area contributed by atoms with Gasteiger partial charge in [-0.15, -0.1) is 0 Å². The molecule has 1 aliphatic heterocycles. The van der Waals surface area contributed by atoms with Crippen LogP contribution in [0.5, 0.6) is 0 Å². The Morgan fingerprint density at radius 2 is 1.93 bits per heavy atom. The Hall–Kier alpha value is -1.64. The number of nitrogens with two attached hydrogens (primary N) is 1. The van der Waals surface area contributed by atoms with Crippen molar-refractivity contribution in [1.82, 2.24) is 10.3 Å². The van der Waals surface area contributed by atoms with Crippen molar-refractivity contribution in [1.29, 1.82) is 0 Å². The first-order valence-electron chi connectivity index (χ1n) is 10.3. The molecule has 0 aliphatic carbocycles. The molecule has 2 heterocycles. The molecule has 0 radical (unpaired) electrons. The van der Waals surface area contributed by atoms with E-state index in [1.165, 1.54) is 0 Å². The third kappa shape index (κ3) is 5.93. The van der Waals surface area contributed by atoms with Crippen LogP contribution < -0.4 is 16.0 Å². The van der Waals surface area contributed by atoms with E-state index >= 15 is 0 Å². The van der Waals surface area contributed by atoms with Crippen LogP contribution in [0.3, 0.4) is 0 Å². The van der Waals surface area contributed by atoms with Gasteiger partial charge in [0.2, 0.25) is 0 Å². The number of rotatable bonds is 4. The molecule has 164 valence electrons. The molecule has 1 fully saturated rings. The van der Waals surface area contributed by atoms with Gasteiger partial charge in [0.15, 0.2) is 8.32 Å². The van der Waals surface area contributed by atoms with Crippen LogP contribution in [0.25, 0.3) is 0 Å². The number of hydrogen-bond donors (Lipinski definition) is 2. The Labute approximate surface area is 176 Å². The quantitative estimate of drug-likeness (QED) is 0.708. The lowest BCUT2D eigenvalue weighted by molar-refractivity contribution is 0.0496. The van der Waals surface area contributed by atoms with Crippen LogP contribution in [-0.4, -0.2) is 50.2 Å². The van der Waals surface area contributed by atoms with Crippen LogP contribution in [0.2, 0.25) is 18.1 Å². The van der Waals surface area contributed by atoms with E-state index in [9.17, 15) is 4.79 Å². The van der Waals surface area contributed by atoms with E-state index in [-0.39, 0.29) is 17.2 Å². The molecule has 0 aromatic carbocycles. The minimum absolute atomic E-state index is 0.0709. The fourth-order valence-corrected chi connectivity index (χ4v) is 4.48. The second-order valence-corrected chi connectivity index (χ2v) is 15.0. The van der Waals surface area contributed by atoms with Crippen molar-refractivity contribution >= 4 is 25.8 Å². The Morgan fingerprint density at radius 3 is 2.48 bits per heavy atom. The average Bonchev–Trinajstić information content (AvgIpc) is 2.55. The first-order valence-corrected chi connectivity index (χ1v) is 13.2. The molecule has 1 amide bonds. The van der Waals surface area contributed by atoms with Crippen LogP contribution in [0.1, 0.15) is 48.0 Å². The van der Waals surface area contributed by atoms with E-state index in [0.29, 0.717) is 17.9 Å². The molecule has 1 saturated heterocycles. The van der Waals surface area contributed by atoms with Gasteiger partial charge in [0, 0.05) is 12.7 Å². The predicted molar refractivity (Wildman–Crippen MR) is 121 cm³/mol. The second kappa shape index (κ2) is 8.61. The number of nitrogen functional groups attached to an aromatic ring is 1. The summed E-state index contributed by atoms with van der Waals surface area (Å²) in [6.45, 7) is 18.2. The van der Waals surface area contributed by atoms with Gasteiger partial charge in [-0.3, -0.25) is 9.88 Å². The lowest BCUT2D eigenvalue weighted by atomic mass is 10.0. The summed E-state index contributed by atoms with van der Waals surface area (Å²) in [5.41, 5.74) is 6.66. The molecule has 0 saturated carbocycles. The van der Waals surface area contributed by atoms with Crippen molar-refractivity contribution in [3.05, 3.63) is 18.5 Å².